The number of rotatable bonds is 4. The first kappa shape index (κ1) is 13.7. The fourth-order valence-corrected chi connectivity index (χ4v) is 1.95. The summed E-state index contributed by atoms with van der Waals surface area (Å²) in [6.07, 6.45) is -0.0852. The summed E-state index contributed by atoms with van der Waals surface area (Å²) in [6, 6.07) is 1.96. The van der Waals surface area contributed by atoms with Crippen LogP contribution in [0.25, 0.3) is 0 Å². The van der Waals surface area contributed by atoms with E-state index in [9.17, 15) is 4.79 Å². The highest BCUT2D eigenvalue weighted by Gasteiger charge is 2.30. The molecule has 0 radical (unpaired) electrons. The molecule has 1 unspecified atom stereocenters. The summed E-state index contributed by atoms with van der Waals surface area (Å²) >= 11 is 0. The van der Waals surface area contributed by atoms with Crippen molar-refractivity contribution in [3.63, 3.8) is 0 Å². The van der Waals surface area contributed by atoms with Gasteiger partial charge in [0.15, 0.2) is 0 Å². The van der Waals surface area contributed by atoms with Crippen molar-refractivity contribution in [2.24, 2.45) is 0 Å². The van der Waals surface area contributed by atoms with Gasteiger partial charge in [-0.3, -0.25) is 5.10 Å². The molecule has 1 amide bonds. The van der Waals surface area contributed by atoms with Crippen LogP contribution in [-0.4, -0.2) is 42.1 Å². The molecule has 0 bridgehead atoms. The van der Waals surface area contributed by atoms with Crippen molar-refractivity contribution < 1.29 is 14.3 Å². The number of nitrogens with zero attached hydrogens (tertiary/aromatic N) is 1. The van der Waals surface area contributed by atoms with Crippen LogP contribution in [0.4, 0.5) is 10.6 Å². The van der Waals surface area contributed by atoms with Gasteiger partial charge in [0.1, 0.15) is 18.0 Å². The number of aromatic amines is 1. The molecule has 1 aromatic heterocycles. The lowest BCUT2D eigenvalue weighted by Gasteiger charge is -2.13. The van der Waals surface area contributed by atoms with Gasteiger partial charge < -0.3 is 20.1 Å². The van der Waals surface area contributed by atoms with E-state index in [-0.39, 0.29) is 18.2 Å². The Balaban J connectivity index is 1.84. The highest BCUT2D eigenvalue weighted by molar-refractivity contribution is 5.67. The molecule has 19 heavy (non-hydrogen) atoms. The van der Waals surface area contributed by atoms with Crippen LogP contribution in [0.1, 0.15) is 32.1 Å². The summed E-state index contributed by atoms with van der Waals surface area (Å²) in [7, 11) is 1.80. The minimum atomic E-state index is -0.398. The average molecular weight is 268 g/mol. The smallest absolute Gasteiger partial charge is 0.407 e. The standard InChI is InChI=1S/C12H20N4O3/c1-7(2)14-12(17)19-8-4-10(18-6-8)9-5-11(13-3)16-15-9/h5,7-8,10H,4,6H2,1-3H3,(H,14,17)(H2,13,15,16)/t8-,10?/m1/s1. The molecule has 1 saturated heterocycles. The number of hydrogen-bond donors (Lipinski definition) is 3. The lowest BCUT2D eigenvalue weighted by atomic mass is 10.1. The van der Waals surface area contributed by atoms with Gasteiger partial charge in [0.2, 0.25) is 0 Å². The van der Waals surface area contributed by atoms with E-state index in [0.717, 1.165) is 11.5 Å². The van der Waals surface area contributed by atoms with Crippen LogP contribution in [0, 0.1) is 0 Å². The normalized spacial score (nSPS) is 22.5. The van der Waals surface area contributed by atoms with Crippen molar-refractivity contribution >= 4 is 11.9 Å². The van der Waals surface area contributed by atoms with E-state index in [1.165, 1.54) is 0 Å². The SMILES string of the molecule is CNc1cc(C2C[C@@H](OC(=O)NC(C)C)CO2)[nH]n1. The van der Waals surface area contributed by atoms with Crippen LogP contribution < -0.4 is 10.6 Å². The van der Waals surface area contributed by atoms with Gasteiger partial charge in [0, 0.05) is 25.6 Å². The lowest BCUT2D eigenvalue weighted by Crippen LogP contribution is -2.33. The maximum Gasteiger partial charge on any atom is 0.407 e. The van der Waals surface area contributed by atoms with Crippen LogP contribution in [0.2, 0.25) is 0 Å². The Morgan fingerprint density at radius 2 is 2.42 bits per heavy atom. The zero-order valence-electron chi connectivity index (χ0n) is 11.4. The Hall–Kier alpha value is -1.76. The number of ether oxygens (including phenoxy) is 2. The molecule has 2 heterocycles. The van der Waals surface area contributed by atoms with Crippen molar-refractivity contribution in [3.8, 4) is 0 Å². The molecule has 1 fully saturated rings. The fourth-order valence-electron chi connectivity index (χ4n) is 1.95. The molecule has 2 rings (SSSR count). The molecule has 3 N–H and O–H groups in total. The van der Waals surface area contributed by atoms with Gasteiger partial charge in [0.25, 0.3) is 0 Å². The summed E-state index contributed by atoms with van der Waals surface area (Å²) in [4.78, 5) is 11.5. The number of amides is 1. The molecule has 2 atom stereocenters. The van der Waals surface area contributed by atoms with Gasteiger partial charge in [-0.15, -0.1) is 0 Å². The molecular formula is C12H20N4O3. The quantitative estimate of drug-likeness (QED) is 0.768. The number of aromatic nitrogens is 2. The Kier molecular flexibility index (Phi) is 4.26. The second-order valence-electron chi connectivity index (χ2n) is 4.84. The predicted octanol–water partition coefficient (Wildman–Crippen LogP) is 1.42. The molecule has 106 valence electrons. The average Bonchev–Trinajstić information content (AvgIpc) is 2.95. The summed E-state index contributed by atoms with van der Waals surface area (Å²) in [5.41, 5.74) is 0.889. The molecular weight excluding hydrogens is 248 g/mol. The van der Waals surface area contributed by atoms with E-state index in [2.05, 4.69) is 20.8 Å². The van der Waals surface area contributed by atoms with Crippen molar-refractivity contribution in [3.05, 3.63) is 11.8 Å². The van der Waals surface area contributed by atoms with E-state index >= 15 is 0 Å². The van der Waals surface area contributed by atoms with Crippen LogP contribution in [-0.2, 0) is 9.47 Å². The Labute approximate surface area is 112 Å². The minimum Gasteiger partial charge on any atom is -0.444 e. The van der Waals surface area contributed by atoms with Gasteiger partial charge >= 0.3 is 6.09 Å². The Morgan fingerprint density at radius 3 is 3.05 bits per heavy atom. The molecule has 1 aromatic rings. The molecule has 7 heteroatoms. The first-order chi connectivity index (χ1) is 9.08. The van der Waals surface area contributed by atoms with E-state index in [1.807, 2.05) is 19.9 Å². The maximum absolute atomic E-state index is 11.5. The van der Waals surface area contributed by atoms with E-state index in [0.29, 0.717) is 13.0 Å². The van der Waals surface area contributed by atoms with Gasteiger partial charge in [-0.25, -0.2) is 4.79 Å². The molecule has 1 aliphatic heterocycles. The number of alkyl carbamates (subject to hydrolysis) is 1. The molecule has 0 spiro atoms. The zero-order valence-corrected chi connectivity index (χ0v) is 11.4. The molecule has 1 aliphatic rings. The number of H-pyrrole nitrogens is 1. The Bertz CT molecular complexity index is 432. The topological polar surface area (TPSA) is 88.3 Å². The molecule has 0 aliphatic carbocycles. The van der Waals surface area contributed by atoms with E-state index in [1.54, 1.807) is 7.05 Å². The van der Waals surface area contributed by atoms with Crippen LogP contribution in [0.3, 0.4) is 0 Å². The van der Waals surface area contributed by atoms with Gasteiger partial charge in [-0.1, -0.05) is 0 Å². The van der Waals surface area contributed by atoms with Crippen molar-refractivity contribution in [1.82, 2.24) is 15.5 Å². The Morgan fingerprint density at radius 1 is 1.63 bits per heavy atom. The fraction of sp³-hybridized carbons (Fsp3) is 0.667. The third kappa shape index (κ3) is 3.60. The third-order valence-electron chi connectivity index (χ3n) is 2.84. The lowest BCUT2D eigenvalue weighted by molar-refractivity contribution is 0.0682. The van der Waals surface area contributed by atoms with E-state index < -0.39 is 6.09 Å². The first-order valence-electron chi connectivity index (χ1n) is 6.40. The zero-order chi connectivity index (χ0) is 13.8. The number of hydrogen-bond acceptors (Lipinski definition) is 5. The van der Waals surface area contributed by atoms with Crippen LogP contribution in [0.15, 0.2) is 6.07 Å². The van der Waals surface area contributed by atoms with Crippen molar-refractivity contribution in [2.45, 2.75) is 38.5 Å². The van der Waals surface area contributed by atoms with Gasteiger partial charge in [-0.2, -0.15) is 5.10 Å². The molecule has 0 saturated carbocycles. The number of carbonyl (C=O) groups is 1. The highest BCUT2D eigenvalue weighted by atomic mass is 16.6. The maximum atomic E-state index is 11.5. The van der Waals surface area contributed by atoms with Crippen LogP contribution in [0.5, 0.6) is 0 Å². The highest BCUT2D eigenvalue weighted by Crippen LogP contribution is 2.30. The second kappa shape index (κ2) is 5.92. The van der Waals surface area contributed by atoms with Crippen molar-refractivity contribution in [2.75, 3.05) is 19.0 Å². The number of carbonyl (C=O) groups excluding carboxylic acids is 1. The summed E-state index contributed by atoms with van der Waals surface area (Å²) in [6.45, 7) is 4.18. The monoisotopic (exact) mass is 268 g/mol. The second-order valence-corrected chi connectivity index (χ2v) is 4.84. The largest absolute Gasteiger partial charge is 0.444 e. The summed E-state index contributed by atoms with van der Waals surface area (Å²) in [5, 5.41) is 12.6. The number of anilines is 1. The van der Waals surface area contributed by atoms with Gasteiger partial charge in [-0.05, 0) is 13.8 Å². The molecule has 0 aromatic carbocycles. The number of nitrogens with one attached hydrogen (secondary N) is 3. The molecule has 7 nitrogen and oxygen atoms in total. The van der Waals surface area contributed by atoms with Crippen LogP contribution >= 0.6 is 0 Å². The minimum absolute atomic E-state index is 0.0661. The van der Waals surface area contributed by atoms with Crippen molar-refractivity contribution in [1.29, 1.82) is 0 Å². The summed E-state index contributed by atoms with van der Waals surface area (Å²) in [5.74, 6) is 0.764. The first-order valence-corrected chi connectivity index (χ1v) is 6.40. The van der Waals surface area contributed by atoms with Gasteiger partial charge in [0.05, 0.1) is 12.3 Å². The van der Waals surface area contributed by atoms with E-state index in [4.69, 9.17) is 9.47 Å². The third-order valence-corrected chi connectivity index (χ3v) is 2.84. The summed E-state index contributed by atoms with van der Waals surface area (Å²) < 4.78 is 10.9. The predicted molar refractivity (Wildman–Crippen MR) is 70.0 cm³/mol.